The van der Waals surface area contributed by atoms with Crippen LogP contribution in [0.25, 0.3) is 17.1 Å². The molecule has 0 bridgehead atoms. The highest BCUT2D eigenvalue weighted by molar-refractivity contribution is 5.71. The number of benzene rings is 1. The van der Waals surface area contributed by atoms with Gasteiger partial charge in [0.2, 0.25) is 0 Å². The molecule has 9 heteroatoms. The average Bonchev–Trinajstić information content (AvgIpc) is 3.43. The minimum Gasteiger partial charge on any atom is -0.497 e. The van der Waals surface area contributed by atoms with Gasteiger partial charge in [-0.25, -0.2) is 9.97 Å². The van der Waals surface area contributed by atoms with Crippen LogP contribution in [-0.2, 0) is 24.9 Å². The molecule has 5 rings (SSSR count). The van der Waals surface area contributed by atoms with E-state index in [1.165, 1.54) is 0 Å². The molecular weight excluding hydrogens is 394 g/mol. The number of nitrogens with zero attached hydrogens (tertiary/aromatic N) is 7. The van der Waals surface area contributed by atoms with Crippen molar-refractivity contribution >= 4 is 0 Å². The van der Waals surface area contributed by atoms with Crippen molar-refractivity contribution in [2.75, 3.05) is 14.2 Å². The third-order valence-corrected chi connectivity index (χ3v) is 5.51. The Kier molecular flexibility index (Phi) is 4.56. The van der Waals surface area contributed by atoms with Crippen molar-refractivity contribution in [1.29, 1.82) is 0 Å². The van der Waals surface area contributed by atoms with Crippen LogP contribution in [0.1, 0.15) is 28.7 Å². The van der Waals surface area contributed by atoms with Gasteiger partial charge in [-0.15, -0.1) is 10.2 Å². The zero-order valence-corrected chi connectivity index (χ0v) is 17.7. The molecule has 0 spiro atoms. The maximum atomic E-state index is 5.45. The van der Waals surface area contributed by atoms with Gasteiger partial charge >= 0.3 is 0 Å². The predicted molar refractivity (Wildman–Crippen MR) is 113 cm³/mol. The quantitative estimate of drug-likeness (QED) is 0.420. The van der Waals surface area contributed by atoms with Gasteiger partial charge in [0.05, 0.1) is 31.2 Å². The van der Waals surface area contributed by atoms with Crippen LogP contribution in [0.3, 0.4) is 0 Å². The lowest BCUT2D eigenvalue weighted by Crippen LogP contribution is -2.09. The minimum atomic E-state index is 0.357. The molecule has 9 nitrogen and oxygen atoms in total. The van der Waals surface area contributed by atoms with E-state index in [1.54, 1.807) is 26.7 Å². The van der Waals surface area contributed by atoms with E-state index in [9.17, 15) is 0 Å². The van der Waals surface area contributed by atoms with Gasteiger partial charge in [0, 0.05) is 19.7 Å². The van der Waals surface area contributed by atoms with Crippen LogP contribution in [-0.4, -0.2) is 48.1 Å². The summed E-state index contributed by atoms with van der Waals surface area (Å²) in [6.45, 7) is 2.83. The largest absolute Gasteiger partial charge is 0.497 e. The zero-order chi connectivity index (χ0) is 21.5. The molecule has 0 unspecified atom stereocenters. The van der Waals surface area contributed by atoms with Crippen LogP contribution in [0.2, 0.25) is 0 Å². The molecule has 1 aromatic carbocycles. The number of ether oxygens (including phenoxy) is 2. The van der Waals surface area contributed by atoms with E-state index in [-0.39, 0.29) is 0 Å². The molecule has 0 saturated carbocycles. The number of aryl methyl sites for hydroxylation is 1. The number of imidazole rings is 2. The van der Waals surface area contributed by atoms with Crippen LogP contribution in [0.5, 0.6) is 5.75 Å². The summed E-state index contributed by atoms with van der Waals surface area (Å²) in [5.74, 6) is 9.57. The third-order valence-electron chi connectivity index (χ3n) is 5.51. The molecular formula is C22H21N7O2. The predicted octanol–water partition coefficient (Wildman–Crippen LogP) is 2.09. The monoisotopic (exact) mass is 415 g/mol. The summed E-state index contributed by atoms with van der Waals surface area (Å²) in [4.78, 5) is 8.92. The van der Waals surface area contributed by atoms with E-state index in [2.05, 4.69) is 36.6 Å². The molecule has 0 atom stereocenters. The van der Waals surface area contributed by atoms with Gasteiger partial charge in [-0.2, -0.15) is 0 Å². The Labute approximate surface area is 179 Å². The van der Waals surface area contributed by atoms with Gasteiger partial charge in [0.15, 0.2) is 11.6 Å². The van der Waals surface area contributed by atoms with Gasteiger partial charge in [0.25, 0.3) is 0 Å². The molecule has 156 valence electrons. The van der Waals surface area contributed by atoms with E-state index < -0.39 is 0 Å². The van der Waals surface area contributed by atoms with E-state index >= 15 is 0 Å². The fraction of sp³-hybridized carbons (Fsp3) is 0.273. The van der Waals surface area contributed by atoms with Crippen molar-refractivity contribution in [2.45, 2.75) is 20.1 Å². The second-order valence-corrected chi connectivity index (χ2v) is 7.25. The first-order chi connectivity index (χ1) is 15.1. The lowest BCUT2D eigenvalue weighted by molar-refractivity contribution is 0.174. The topological polar surface area (TPSA) is 84.8 Å². The van der Waals surface area contributed by atoms with Crippen molar-refractivity contribution < 1.29 is 9.47 Å². The summed E-state index contributed by atoms with van der Waals surface area (Å²) in [6.07, 6.45) is 3.57. The summed E-state index contributed by atoms with van der Waals surface area (Å²) in [5, 5.41) is 8.80. The SMILES string of the molecule is COCc1nnc2n1Cc1c(C#Cc3cnc(C)n3C)ncn1-c1ccc(OC)cc1-2. The standard InChI is InChI=1S/C22H21N7O2/c1-14-23-10-15(27(14)2)5-7-18-20-11-28-21(12-30-3)25-26-22(28)17-9-16(31-4)6-8-19(17)29(20)13-24-18/h6,8-10,13H,11-12H2,1-4H3. The molecule has 0 N–H and O–H groups in total. The minimum absolute atomic E-state index is 0.357. The first kappa shape index (κ1) is 19.1. The lowest BCUT2D eigenvalue weighted by atomic mass is 10.1. The van der Waals surface area contributed by atoms with Gasteiger partial charge in [0.1, 0.15) is 35.9 Å². The Bertz CT molecular complexity index is 1350. The molecule has 0 amide bonds. The highest BCUT2D eigenvalue weighted by Gasteiger charge is 2.26. The molecule has 0 radical (unpaired) electrons. The first-order valence-corrected chi connectivity index (χ1v) is 9.77. The summed E-state index contributed by atoms with van der Waals surface area (Å²) < 4.78 is 16.8. The van der Waals surface area contributed by atoms with Crippen LogP contribution < -0.4 is 4.74 Å². The van der Waals surface area contributed by atoms with Crippen molar-refractivity contribution in [3.8, 4) is 34.7 Å². The van der Waals surface area contributed by atoms with E-state index in [1.807, 2.05) is 41.3 Å². The average molecular weight is 415 g/mol. The van der Waals surface area contributed by atoms with E-state index in [0.717, 1.165) is 45.9 Å². The number of fused-ring (bicyclic) bond motifs is 5. The Morgan fingerprint density at radius 2 is 2.00 bits per heavy atom. The van der Waals surface area contributed by atoms with Crippen LogP contribution >= 0.6 is 0 Å². The zero-order valence-electron chi connectivity index (χ0n) is 17.7. The highest BCUT2D eigenvalue weighted by Crippen LogP contribution is 2.34. The first-order valence-electron chi connectivity index (χ1n) is 9.77. The van der Waals surface area contributed by atoms with Crippen molar-refractivity contribution in [3.63, 3.8) is 0 Å². The maximum Gasteiger partial charge on any atom is 0.166 e. The molecule has 31 heavy (non-hydrogen) atoms. The molecule has 1 aliphatic rings. The van der Waals surface area contributed by atoms with Crippen LogP contribution in [0, 0.1) is 18.8 Å². The maximum absolute atomic E-state index is 5.45. The fourth-order valence-corrected chi connectivity index (χ4v) is 3.70. The molecule has 0 fully saturated rings. The smallest absolute Gasteiger partial charge is 0.166 e. The molecule has 0 saturated heterocycles. The summed E-state index contributed by atoms with van der Waals surface area (Å²) in [5.41, 5.74) is 4.34. The second kappa shape index (κ2) is 7.41. The molecule has 0 aliphatic carbocycles. The van der Waals surface area contributed by atoms with Gasteiger partial charge in [-0.3, -0.25) is 4.57 Å². The van der Waals surface area contributed by atoms with Crippen LogP contribution in [0.4, 0.5) is 0 Å². The van der Waals surface area contributed by atoms with E-state index in [4.69, 9.17) is 9.47 Å². The number of hydrogen-bond donors (Lipinski definition) is 0. The second-order valence-electron chi connectivity index (χ2n) is 7.25. The lowest BCUT2D eigenvalue weighted by Gasteiger charge is -2.09. The molecule has 3 aromatic heterocycles. The van der Waals surface area contributed by atoms with Gasteiger partial charge in [-0.05, 0) is 37.0 Å². The number of methoxy groups -OCH3 is 2. The van der Waals surface area contributed by atoms with Gasteiger partial charge < -0.3 is 18.6 Å². The van der Waals surface area contributed by atoms with Crippen molar-refractivity contribution in [2.24, 2.45) is 7.05 Å². The molecule has 4 aromatic rings. The number of rotatable bonds is 3. The molecule has 4 heterocycles. The van der Waals surface area contributed by atoms with Crippen molar-refractivity contribution in [1.82, 2.24) is 33.9 Å². The third kappa shape index (κ3) is 3.08. The summed E-state index contributed by atoms with van der Waals surface area (Å²) >= 11 is 0. The van der Waals surface area contributed by atoms with Crippen LogP contribution in [0.15, 0.2) is 30.7 Å². The Morgan fingerprint density at radius 3 is 2.74 bits per heavy atom. The van der Waals surface area contributed by atoms with Crippen molar-refractivity contribution in [3.05, 3.63) is 59.5 Å². The number of hydrogen-bond acceptors (Lipinski definition) is 6. The van der Waals surface area contributed by atoms with Gasteiger partial charge in [-0.1, -0.05) is 0 Å². The van der Waals surface area contributed by atoms with E-state index in [0.29, 0.717) is 18.8 Å². The normalized spacial score (nSPS) is 11.7. The molecule has 1 aliphatic heterocycles. The number of aromatic nitrogens is 7. The summed E-state index contributed by atoms with van der Waals surface area (Å²) in [7, 11) is 5.24. The Hall–Kier alpha value is -3.90. The summed E-state index contributed by atoms with van der Waals surface area (Å²) in [6, 6.07) is 5.89. The Balaban J connectivity index is 1.69. The highest BCUT2D eigenvalue weighted by atomic mass is 16.5. The fourth-order valence-electron chi connectivity index (χ4n) is 3.70. The Morgan fingerprint density at radius 1 is 1.13 bits per heavy atom.